The van der Waals surface area contributed by atoms with E-state index in [1.807, 2.05) is 69.0 Å². The number of fused-ring (bicyclic) bond motifs is 2. The quantitative estimate of drug-likeness (QED) is 0.00934. The molecule has 2 aromatic rings. The first kappa shape index (κ1) is 98.0. The number of benzene rings is 3. The number of carboxylic acid groups (broad SMARTS) is 3. The molecule has 1 saturated heterocycles. The largest absolute Gasteiger partial charge is 0.480 e. The van der Waals surface area contributed by atoms with Crippen molar-refractivity contribution in [1.29, 1.82) is 0 Å². The number of carbonyl (C=O) groups is 6. The monoisotopic (exact) mass is 1630 g/mol. The van der Waals surface area contributed by atoms with Crippen LogP contribution in [0.5, 0.6) is 0 Å². The number of carboxylic acids is 3. The zero-order valence-electron chi connectivity index (χ0n) is 70.4. The average molecular weight is 1640 g/mol. The Labute approximate surface area is 683 Å². The molecule has 0 spiro atoms. The molecule has 2 aromatic carbocycles. The Morgan fingerprint density at radius 2 is 0.912 bits per heavy atom. The van der Waals surface area contributed by atoms with Crippen molar-refractivity contribution in [3.05, 3.63) is 60.0 Å². The summed E-state index contributed by atoms with van der Waals surface area (Å²) in [6.07, 6.45) is 39.5. The van der Waals surface area contributed by atoms with Crippen LogP contribution in [0.3, 0.4) is 0 Å². The molecule has 1 aliphatic carbocycles. The number of nitrogens with one attached hydrogen (secondary N) is 3. The minimum absolute atomic E-state index is 0.0130. The number of hydrogen-bond acceptors (Lipinski definition) is 16. The second-order valence-corrected chi connectivity index (χ2v) is 34.5. The predicted octanol–water partition coefficient (Wildman–Crippen LogP) is 14.0. The van der Waals surface area contributed by atoms with Crippen LogP contribution in [0.2, 0.25) is 0 Å². The lowest BCUT2D eigenvalue weighted by Gasteiger charge is -2.33. The predicted molar refractivity (Wildman–Crippen MR) is 456 cm³/mol. The second-order valence-electron chi connectivity index (χ2n) is 31.3. The van der Waals surface area contributed by atoms with Crippen LogP contribution >= 0.6 is 0 Å². The van der Waals surface area contributed by atoms with Gasteiger partial charge in [0.15, 0.2) is 0 Å². The van der Waals surface area contributed by atoms with Gasteiger partial charge in [-0.25, -0.2) is 17.7 Å². The van der Waals surface area contributed by atoms with Crippen molar-refractivity contribution in [1.82, 2.24) is 44.4 Å². The van der Waals surface area contributed by atoms with E-state index in [4.69, 9.17) is 4.42 Å². The summed E-state index contributed by atoms with van der Waals surface area (Å²) >= 11 is 0. The molecular weight excluding hydrogens is 1490 g/mol. The molecule has 5 rings (SSSR count). The van der Waals surface area contributed by atoms with Crippen LogP contribution in [0.25, 0.3) is 33.4 Å². The van der Waals surface area contributed by atoms with E-state index in [9.17, 15) is 65.5 Å². The minimum Gasteiger partial charge on any atom is -0.480 e. The van der Waals surface area contributed by atoms with Gasteiger partial charge in [-0.3, -0.25) is 52.9 Å². The Hall–Kier alpha value is -6.59. The van der Waals surface area contributed by atoms with Crippen LogP contribution in [-0.4, -0.2) is 234 Å². The summed E-state index contributed by atoms with van der Waals surface area (Å²) in [6.45, 7) is 16.0. The van der Waals surface area contributed by atoms with Crippen molar-refractivity contribution in [2.45, 2.75) is 282 Å². The van der Waals surface area contributed by atoms with Crippen LogP contribution in [0.4, 0.5) is 5.69 Å². The van der Waals surface area contributed by atoms with Gasteiger partial charge in [-0.05, 0) is 90.1 Å². The van der Waals surface area contributed by atoms with Gasteiger partial charge in [-0.15, -0.1) is 0 Å². The number of sulfonamides is 1. The number of rotatable bonds is 60. The molecule has 3 amide bonds. The molecule has 0 aromatic heterocycles. The van der Waals surface area contributed by atoms with Gasteiger partial charge in [0.2, 0.25) is 33.1 Å². The molecule has 27 heteroatoms. The summed E-state index contributed by atoms with van der Waals surface area (Å²) in [5.74, 6) is -4.33. The highest BCUT2D eigenvalue weighted by molar-refractivity contribution is 7.89. The number of nitrogens with zero attached hydrogens (tertiary/aromatic N) is 7. The van der Waals surface area contributed by atoms with E-state index < -0.39 is 65.7 Å². The number of unbranched alkanes of at least 4 members (excludes halogenated alkanes) is 31. The number of hydrogen-bond donors (Lipinski definition) is 7. The molecule has 1 fully saturated rings. The molecule has 114 heavy (non-hydrogen) atoms. The zero-order chi connectivity index (χ0) is 82.9. The third-order valence-corrected chi connectivity index (χ3v) is 24.7. The van der Waals surface area contributed by atoms with Crippen molar-refractivity contribution in [3.8, 4) is 22.5 Å². The van der Waals surface area contributed by atoms with Crippen LogP contribution < -0.4 is 30.2 Å². The SMILES string of the molecule is CCCCCCCCCCCCCCCCCCN(CCCCCCCCCCCCCCCCCC)C(=O)CNC(=O)[C@H](CCCCNS(=O)(=O)c1ccc(-c2c3ccc(=[N+](CC)CC)cc-3oc3cc(N(CC)CC)ccc23)c(S(=O)(=O)O)c1)NC(=O)CN1CCN(CC(=O)O)CCN(CC(=O)O)CCN(CC(=O)O)CC1. The summed E-state index contributed by atoms with van der Waals surface area (Å²) in [5.41, 5.74) is 2.31. The Balaban J connectivity index is 1.34. The van der Waals surface area contributed by atoms with Crippen molar-refractivity contribution in [2.24, 2.45) is 0 Å². The highest BCUT2D eigenvalue weighted by atomic mass is 32.2. The van der Waals surface area contributed by atoms with Gasteiger partial charge in [0.05, 0.1) is 43.7 Å². The first-order valence-electron chi connectivity index (χ1n) is 43.8. The Morgan fingerprint density at radius 3 is 1.32 bits per heavy atom. The number of carbonyl (C=O) groups excluding carboxylic acids is 3. The maximum atomic E-state index is 14.6. The number of amides is 3. The summed E-state index contributed by atoms with van der Waals surface area (Å²) in [6, 6.07) is 13.6. The first-order chi connectivity index (χ1) is 54.9. The van der Waals surface area contributed by atoms with Gasteiger partial charge in [-0.1, -0.05) is 213 Å². The topological polar surface area (TPSA) is 323 Å². The number of aliphatic carboxylic acids is 3. The molecule has 0 bridgehead atoms. The van der Waals surface area contributed by atoms with E-state index in [1.165, 1.54) is 166 Å². The second kappa shape index (κ2) is 55.9. The van der Waals surface area contributed by atoms with E-state index in [-0.39, 0.29) is 122 Å². The average Bonchev–Trinajstić information content (AvgIpc) is 0.737. The smallest absolute Gasteiger partial charge is 0.317 e. The third-order valence-electron chi connectivity index (χ3n) is 22.3. The van der Waals surface area contributed by atoms with E-state index in [0.29, 0.717) is 67.1 Å². The highest BCUT2D eigenvalue weighted by Crippen LogP contribution is 2.44. The molecule has 1 atom stereocenters. The molecule has 2 heterocycles. The van der Waals surface area contributed by atoms with Crippen molar-refractivity contribution < 1.29 is 69.9 Å². The zero-order valence-corrected chi connectivity index (χ0v) is 72.0. The molecule has 7 N–H and O–H groups in total. The van der Waals surface area contributed by atoms with Crippen LogP contribution in [0.15, 0.2) is 68.8 Å². The van der Waals surface area contributed by atoms with Gasteiger partial charge in [0.1, 0.15) is 35.4 Å². The fourth-order valence-electron chi connectivity index (χ4n) is 15.5. The third kappa shape index (κ3) is 37.8. The highest BCUT2D eigenvalue weighted by Gasteiger charge is 2.30. The molecule has 0 radical (unpaired) electrons. The van der Waals surface area contributed by atoms with Gasteiger partial charge < -0.3 is 40.2 Å². The Morgan fingerprint density at radius 1 is 0.491 bits per heavy atom. The van der Waals surface area contributed by atoms with Crippen LogP contribution in [-0.2, 0) is 48.9 Å². The van der Waals surface area contributed by atoms with E-state index >= 15 is 0 Å². The van der Waals surface area contributed by atoms with Gasteiger partial charge in [-0.2, -0.15) is 8.42 Å². The molecule has 25 nitrogen and oxygen atoms in total. The molecule has 644 valence electrons. The first-order valence-corrected chi connectivity index (χ1v) is 46.7. The maximum Gasteiger partial charge on any atom is 0.317 e. The van der Waals surface area contributed by atoms with Gasteiger partial charge >= 0.3 is 17.9 Å². The van der Waals surface area contributed by atoms with E-state index in [1.54, 1.807) is 19.6 Å². The van der Waals surface area contributed by atoms with Gasteiger partial charge in [0, 0.05) is 125 Å². The van der Waals surface area contributed by atoms with E-state index in [2.05, 4.69) is 38.7 Å². The van der Waals surface area contributed by atoms with Crippen LogP contribution in [0.1, 0.15) is 266 Å². The summed E-state index contributed by atoms with van der Waals surface area (Å²) in [4.78, 5) is 89.1. The molecular formula is C87H145N10O15S2+. The van der Waals surface area contributed by atoms with E-state index in [0.717, 1.165) is 68.5 Å². The molecule has 0 saturated carbocycles. The molecule has 0 unspecified atom stereocenters. The Kier molecular flexibility index (Phi) is 48.1. The summed E-state index contributed by atoms with van der Waals surface area (Å²) in [7, 11) is -9.59. The van der Waals surface area contributed by atoms with Crippen molar-refractivity contribution in [3.63, 3.8) is 0 Å². The summed E-state index contributed by atoms with van der Waals surface area (Å²) in [5, 5.41) is 36.6. The molecule has 3 aliphatic rings. The van der Waals surface area contributed by atoms with Crippen LogP contribution in [0, 0.1) is 0 Å². The van der Waals surface area contributed by atoms with Crippen molar-refractivity contribution in [2.75, 3.05) is 136 Å². The fraction of sp³-hybridized carbons (Fsp3) is 0.713. The lowest BCUT2D eigenvalue weighted by molar-refractivity contribution is -0.140. The molecule has 2 aliphatic heterocycles. The maximum absolute atomic E-state index is 14.6. The standard InChI is InChI=1S/C87H144N10O15S2/c1-7-13-15-17-19-21-23-25-27-29-31-33-35-37-39-43-53-97(54-44-40-38-36-34-32-30-28-26-24-22-20-18-16-14-8-2)82(99)66-88-87(106)77(90-81(98)67-91-55-57-92(68-83(100)101)59-61-94(70-85(104)105)62-60-93(58-56-91)69-84(102)103)45-41-42-52-89-113(107,108)73-48-51-76(80(65-73)114(109,110)111)86-74-49-46-71(95(9-3)10-4)63-78(74)112-79-64-72(47-50-75(79)86)96(11-5)12-6/h46-51,63-65,77,89H,7-45,52-62,66-70H2,1-6H3,(H5-,88,90,98,100,101,102,103,104,105,106,109,110,111)/p+1/t77-/m0/s1. The fourth-order valence-corrected chi connectivity index (χ4v) is 17.4. The number of anilines is 1. The Bertz CT molecular complexity index is 3690. The van der Waals surface area contributed by atoms with Crippen molar-refractivity contribution >= 4 is 72.4 Å². The summed E-state index contributed by atoms with van der Waals surface area (Å²) < 4.78 is 78.2. The minimum atomic E-state index is -5.10. The lowest BCUT2D eigenvalue weighted by atomic mass is 9.93. The van der Waals surface area contributed by atoms with Gasteiger partial charge in [0.25, 0.3) is 10.1 Å². The normalized spacial score (nSPS) is 14.2. The lowest BCUT2D eigenvalue weighted by Crippen LogP contribution is -2.53.